The fraction of sp³-hybridized carbons (Fsp3) is 0.464. The Kier molecular flexibility index (Phi) is 7.87. The van der Waals surface area contributed by atoms with Crippen molar-refractivity contribution < 1.29 is 14.4 Å². The highest BCUT2D eigenvalue weighted by Gasteiger charge is 2.44. The highest BCUT2D eigenvalue weighted by molar-refractivity contribution is 7.10. The van der Waals surface area contributed by atoms with Crippen LogP contribution in [0.3, 0.4) is 0 Å². The van der Waals surface area contributed by atoms with Crippen molar-refractivity contribution in [3.63, 3.8) is 0 Å². The molecular weight excluding hydrogens is 500 g/mol. The van der Waals surface area contributed by atoms with Crippen LogP contribution in [0.15, 0.2) is 48.0 Å². The minimum absolute atomic E-state index is 0.00752. The Bertz CT molecular complexity index is 1280. The molecule has 38 heavy (non-hydrogen) atoms. The smallest absolute Gasteiger partial charge is 0.254 e. The van der Waals surface area contributed by atoms with E-state index in [0.717, 1.165) is 17.7 Å². The maximum absolute atomic E-state index is 14.0. The first kappa shape index (κ1) is 26.1. The van der Waals surface area contributed by atoms with Crippen molar-refractivity contribution in [3.8, 4) is 0 Å². The zero-order chi connectivity index (χ0) is 26.5. The number of nitrogens with one attached hydrogen (secondary N) is 2. The lowest BCUT2D eigenvalue weighted by atomic mass is 9.73. The third-order valence-corrected chi connectivity index (χ3v) is 8.69. The fourth-order valence-electron chi connectivity index (χ4n) is 5.30. The Balaban J connectivity index is 1.38. The van der Waals surface area contributed by atoms with Crippen LogP contribution in [-0.2, 0) is 35.4 Å². The molecule has 5 rings (SSSR count). The van der Waals surface area contributed by atoms with E-state index in [2.05, 4.69) is 27.9 Å². The molecule has 2 aliphatic rings. The molecule has 2 aliphatic heterocycles. The molecular formula is C28H34N6O3S. The zero-order valence-electron chi connectivity index (χ0n) is 21.7. The molecule has 4 heterocycles. The SMILES string of the molecule is CCc1cc(C(=O)N2CCC3(CC2)Cc2cn(nn2)CCCNC(=O)[C@H](Cc2ccccc2)NC3=O)cs1. The minimum Gasteiger partial charge on any atom is -0.354 e. The lowest BCUT2D eigenvalue weighted by molar-refractivity contribution is -0.137. The number of nitrogens with zero attached hydrogens (tertiary/aromatic N) is 4. The number of piperidine rings is 1. The molecule has 0 radical (unpaired) electrons. The van der Waals surface area contributed by atoms with Gasteiger partial charge in [-0.05, 0) is 37.3 Å². The number of carbonyl (C=O) groups is 3. The molecule has 3 amide bonds. The number of thiophene rings is 1. The summed E-state index contributed by atoms with van der Waals surface area (Å²) in [7, 11) is 0. The second-order valence-corrected chi connectivity index (χ2v) is 11.2. The topological polar surface area (TPSA) is 109 Å². The number of carbonyl (C=O) groups excluding carboxylic acids is 3. The summed E-state index contributed by atoms with van der Waals surface area (Å²) in [5, 5.41) is 16.6. The van der Waals surface area contributed by atoms with E-state index in [0.29, 0.717) is 63.8 Å². The highest BCUT2D eigenvalue weighted by Crippen LogP contribution is 2.36. The Labute approximate surface area is 226 Å². The Morgan fingerprint density at radius 3 is 2.68 bits per heavy atom. The van der Waals surface area contributed by atoms with Gasteiger partial charge >= 0.3 is 0 Å². The molecule has 9 nitrogen and oxygen atoms in total. The monoisotopic (exact) mass is 534 g/mol. The number of rotatable bonds is 4. The summed E-state index contributed by atoms with van der Waals surface area (Å²) in [4.78, 5) is 43.4. The molecule has 10 heteroatoms. The standard InChI is InChI=1S/C28H34N6O3S/c1-2-23-16-21(19-38-23)26(36)33-13-9-28(10-14-33)17-22-18-34(32-31-22)12-6-11-29-25(35)24(30-27(28)37)15-20-7-4-3-5-8-20/h3-5,7-8,16,18-19,24H,2,6,9-15,17H2,1H3,(H,29,35)(H,30,37)/t24-/m0/s1. The summed E-state index contributed by atoms with van der Waals surface area (Å²) in [5.74, 6) is -0.349. The second kappa shape index (κ2) is 11.5. The molecule has 200 valence electrons. The van der Waals surface area contributed by atoms with Crippen LogP contribution in [0.4, 0.5) is 0 Å². The molecule has 2 bridgehead atoms. The zero-order valence-corrected chi connectivity index (χ0v) is 22.5. The summed E-state index contributed by atoms with van der Waals surface area (Å²) in [5.41, 5.74) is 1.66. The van der Waals surface area contributed by atoms with Gasteiger partial charge in [0.05, 0.1) is 16.7 Å². The molecule has 1 saturated heterocycles. The number of likely N-dealkylation sites (tertiary alicyclic amines) is 1. The van der Waals surface area contributed by atoms with Crippen molar-refractivity contribution in [2.45, 2.75) is 58.0 Å². The van der Waals surface area contributed by atoms with Gasteiger partial charge in [0.2, 0.25) is 11.8 Å². The van der Waals surface area contributed by atoms with Crippen LogP contribution < -0.4 is 10.6 Å². The highest BCUT2D eigenvalue weighted by atomic mass is 32.1. The maximum Gasteiger partial charge on any atom is 0.254 e. The van der Waals surface area contributed by atoms with Gasteiger partial charge in [-0.25, -0.2) is 0 Å². The van der Waals surface area contributed by atoms with Gasteiger partial charge in [-0.1, -0.05) is 42.5 Å². The molecule has 1 aromatic carbocycles. The van der Waals surface area contributed by atoms with Crippen molar-refractivity contribution in [3.05, 3.63) is 69.7 Å². The summed E-state index contributed by atoms with van der Waals surface area (Å²) >= 11 is 1.60. The van der Waals surface area contributed by atoms with Gasteiger partial charge in [0.1, 0.15) is 6.04 Å². The van der Waals surface area contributed by atoms with Crippen LogP contribution >= 0.6 is 11.3 Å². The molecule has 0 aliphatic carbocycles. The molecule has 2 aromatic heterocycles. The van der Waals surface area contributed by atoms with E-state index in [-0.39, 0.29) is 17.7 Å². The van der Waals surface area contributed by atoms with Crippen molar-refractivity contribution in [1.82, 2.24) is 30.5 Å². The second-order valence-electron chi connectivity index (χ2n) is 10.2. The van der Waals surface area contributed by atoms with E-state index < -0.39 is 11.5 Å². The number of hydrogen-bond donors (Lipinski definition) is 2. The van der Waals surface area contributed by atoms with Gasteiger partial charge in [0.25, 0.3) is 5.91 Å². The molecule has 1 spiro atoms. The van der Waals surface area contributed by atoms with Crippen LogP contribution in [0.5, 0.6) is 0 Å². The summed E-state index contributed by atoms with van der Waals surface area (Å²) in [6.45, 7) is 4.13. The third kappa shape index (κ3) is 5.80. The van der Waals surface area contributed by atoms with E-state index in [1.54, 1.807) is 16.0 Å². The molecule has 3 aromatic rings. The number of benzene rings is 1. The predicted octanol–water partition coefficient (Wildman–Crippen LogP) is 2.61. The van der Waals surface area contributed by atoms with Crippen LogP contribution in [0, 0.1) is 5.41 Å². The van der Waals surface area contributed by atoms with Crippen molar-refractivity contribution in [2.24, 2.45) is 5.41 Å². The molecule has 1 atom stereocenters. The first-order valence-electron chi connectivity index (χ1n) is 13.3. The predicted molar refractivity (Wildman–Crippen MR) is 145 cm³/mol. The summed E-state index contributed by atoms with van der Waals surface area (Å²) in [6.07, 6.45) is 5.31. The van der Waals surface area contributed by atoms with Crippen molar-refractivity contribution in [1.29, 1.82) is 0 Å². The lowest BCUT2D eigenvalue weighted by Gasteiger charge is -2.41. The van der Waals surface area contributed by atoms with Gasteiger partial charge in [0.15, 0.2) is 0 Å². The maximum atomic E-state index is 14.0. The molecule has 1 fully saturated rings. The minimum atomic E-state index is -0.788. The number of aromatic nitrogens is 3. The Morgan fingerprint density at radius 2 is 1.95 bits per heavy atom. The molecule has 2 N–H and O–H groups in total. The van der Waals surface area contributed by atoms with Crippen LogP contribution in [-0.4, -0.2) is 63.3 Å². The van der Waals surface area contributed by atoms with E-state index in [4.69, 9.17) is 0 Å². The van der Waals surface area contributed by atoms with Gasteiger partial charge in [-0.3, -0.25) is 19.1 Å². The average molecular weight is 535 g/mol. The summed E-state index contributed by atoms with van der Waals surface area (Å²) in [6, 6.07) is 11.0. The number of hydrogen-bond acceptors (Lipinski definition) is 6. The molecule has 0 saturated carbocycles. The van der Waals surface area contributed by atoms with E-state index in [1.165, 1.54) is 4.88 Å². The number of amides is 3. The third-order valence-electron chi connectivity index (χ3n) is 7.61. The average Bonchev–Trinajstić information content (AvgIpc) is 3.60. The van der Waals surface area contributed by atoms with Gasteiger partial charge < -0.3 is 15.5 Å². The summed E-state index contributed by atoms with van der Waals surface area (Å²) < 4.78 is 1.77. The quantitative estimate of drug-likeness (QED) is 0.535. The van der Waals surface area contributed by atoms with E-state index in [9.17, 15) is 14.4 Å². The Hall–Kier alpha value is -3.53. The number of fused-ring (bicyclic) bond motifs is 2. The van der Waals surface area contributed by atoms with Gasteiger partial charge in [0, 0.05) is 55.5 Å². The van der Waals surface area contributed by atoms with Crippen LogP contribution in [0.1, 0.15) is 52.7 Å². The molecule has 0 unspecified atom stereocenters. The van der Waals surface area contributed by atoms with Gasteiger partial charge in [-0.2, -0.15) is 0 Å². The van der Waals surface area contributed by atoms with Crippen LogP contribution in [0.25, 0.3) is 0 Å². The largest absolute Gasteiger partial charge is 0.354 e. The van der Waals surface area contributed by atoms with E-state index in [1.807, 2.05) is 52.9 Å². The Morgan fingerprint density at radius 1 is 1.16 bits per heavy atom. The van der Waals surface area contributed by atoms with Crippen molar-refractivity contribution >= 4 is 29.1 Å². The normalized spacial score (nSPS) is 20.1. The lowest BCUT2D eigenvalue weighted by Crippen LogP contribution is -2.56. The fourth-order valence-corrected chi connectivity index (χ4v) is 6.11. The first-order valence-corrected chi connectivity index (χ1v) is 14.2. The first-order chi connectivity index (χ1) is 18.5. The van der Waals surface area contributed by atoms with E-state index >= 15 is 0 Å². The van der Waals surface area contributed by atoms with Crippen LogP contribution in [0.2, 0.25) is 0 Å². The van der Waals surface area contributed by atoms with Gasteiger partial charge in [-0.15, -0.1) is 16.4 Å². The number of aryl methyl sites for hydroxylation is 2. The van der Waals surface area contributed by atoms with Crippen molar-refractivity contribution in [2.75, 3.05) is 19.6 Å².